The molecule has 0 bridgehead atoms. The summed E-state index contributed by atoms with van der Waals surface area (Å²) in [6.07, 6.45) is 0. The van der Waals surface area contributed by atoms with Crippen LogP contribution in [0, 0.1) is 0 Å². The van der Waals surface area contributed by atoms with Crippen LogP contribution in [0.1, 0.15) is 0 Å². The van der Waals surface area contributed by atoms with Crippen molar-refractivity contribution in [2.45, 2.75) is 0 Å². The van der Waals surface area contributed by atoms with E-state index in [1.807, 2.05) is 0 Å². The van der Waals surface area contributed by atoms with Gasteiger partial charge in [-0.2, -0.15) is 0 Å². The number of rotatable bonds is 4. The van der Waals surface area contributed by atoms with Crippen molar-refractivity contribution in [2.24, 2.45) is 0 Å². The van der Waals surface area contributed by atoms with Crippen LogP contribution in [-0.2, 0) is 0 Å². The minimum absolute atomic E-state index is 1.14. The van der Waals surface area contributed by atoms with Crippen LogP contribution in [0.25, 0.3) is 110 Å². The maximum Gasteiger partial charge on any atom is 0.0795 e. The van der Waals surface area contributed by atoms with E-state index in [1.54, 1.807) is 0 Å². The van der Waals surface area contributed by atoms with Gasteiger partial charge in [0.1, 0.15) is 0 Å². The van der Waals surface area contributed by atoms with Gasteiger partial charge < -0.3 is 9.13 Å². The standard InChI is InChI=1S/C54H34N2/c1-3-16-35(17-4-1)36-30-32-37(33-31-36)38-18-15-21-40(34-38)56-48-29-14-12-27-46(48)52-50-44-25-10-8-23-42(44)41-22-7-9-24-43(41)49(50)51-45-26-11-13-28-47(45)55(53(51)54(52)56)39-19-5-2-6-20-39/h1-34H. The smallest absolute Gasteiger partial charge is 0.0795 e. The number of aromatic nitrogens is 2. The molecule has 12 rings (SSSR count). The third-order valence-corrected chi connectivity index (χ3v) is 11.9. The summed E-state index contributed by atoms with van der Waals surface area (Å²) in [6.45, 7) is 0. The average Bonchev–Trinajstić information content (AvgIpc) is 3.81. The molecule has 0 saturated heterocycles. The number of hydrogen-bond donors (Lipinski definition) is 0. The summed E-state index contributed by atoms with van der Waals surface area (Å²) < 4.78 is 5.05. The lowest BCUT2D eigenvalue weighted by molar-refractivity contribution is 1.15. The van der Waals surface area contributed by atoms with E-state index in [2.05, 4.69) is 215 Å². The van der Waals surface area contributed by atoms with Gasteiger partial charge in [-0.15, -0.1) is 0 Å². The van der Waals surface area contributed by atoms with Crippen LogP contribution in [-0.4, -0.2) is 9.13 Å². The fourth-order valence-corrected chi connectivity index (χ4v) is 9.52. The van der Waals surface area contributed by atoms with E-state index in [4.69, 9.17) is 0 Å². The molecule has 0 aliphatic heterocycles. The molecule has 0 aliphatic rings. The fraction of sp³-hybridized carbons (Fsp3) is 0. The molecule has 0 fully saturated rings. The van der Waals surface area contributed by atoms with Gasteiger partial charge in [0.15, 0.2) is 0 Å². The Morgan fingerprint density at radius 2 is 0.607 bits per heavy atom. The highest BCUT2D eigenvalue weighted by atomic mass is 15.0. The Balaban J connectivity index is 1.29. The van der Waals surface area contributed by atoms with Gasteiger partial charge in [0, 0.05) is 43.7 Å². The van der Waals surface area contributed by atoms with Crippen LogP contribution in [0.4, 0.5) is 0 Å². The molecule has 2 aromatic heterocycles. The molecule has 260 valence electrons. The molecule has 0 amide bonds. The third kappa shape index (κ3) is 4.38. The lowest BCUT2D eigenvalue weighted by atomic mass is 9.89. The fourth-order valence-electron chi connectivity index (χ4n) is 9.52. The van der Waals surface area contributed by atoms with Crippen molar-refractivity contribution in [1.82, 2.24) is 9.13 Å². The second-order valence-corrected chi connectivity index (χ2v) is 14.8. The quantitative estimate of drug-likeness (QED) is 0.161. The van der Waals surface area contributed by atoms with Crippen LogP contribution in [0.2, 0.25) is 0 Å². The van der Waals surface area contributed by atoms with Crippen molar-refractivity contribution in [3.05, 3.63) is 206 Å². The van der Waals surface area contributed by atoms with Gasteiger partial charge in [-0.3, -0.25) is 0 Å². The predicted molar refractivity (Wildman–Crippen MR) is 239 cm³/mol. The van der Waals surface area contributed by atoms with Gasteiger partial charge in [-0.1, -0.05) is 170 Å². The molecule has 0 saturated carbocycles. The predicted octanol–water partition coefficient (Wildman–Crippen LogP) is 14.7. The zero-order chi connectivity index (χ0) is 36.7. The van der Waals surface area contributed by atoms with Gasteiger partial charge in [-0.25, -0.2) is 0 Å². The highest BCUT2D eigenvalue weighted by Crippen LogP contribution is 2.51. The molecule has 2 nitrogen and oxygen atoms in total. The monoisotopic (exact) mass is 710 g/mol. The van der Waals surface area contributed by atoms with Crippen LogP contribution in [0.15, 0.2) is 206 Å². The molecule has 0 radical (unpaired) electrons. The molecular formula is C54H34N2. The topological polar surface area (TPSA) is 9.86 Å². The second-order valence-electron chi connectivity index (χ2n) is 14.8. The Labute approximate surface area is 323 Å². The lowest BCUT2D eigenvalue weighted by Crippen LogP contribution is -1.99. The minimum atomic E-state index is 1.14. The Kier molecular flexibility index (Phi) is 6.66. The van der Waals surface area contributed by atoms with Crippen LogP contribution in [0.5, 0.6) is 0 Å². The van der Waals surface area contributed by atoms with E-state index >= 15 is 0 Å². The summed E-state index contributed by atoms with van der Waals surface area (Å²) in [5.41, 5.74) is 11.9. The summed E-state index contributed by atoms with van der Waals surface area (Å²) in [5.74, 6) is 0. The van der Waals surface area contributed by atoms with Crippen molar-refractivity contribution in [1.29, 1.82) is 0 Å². The van der Waals surface area contributed by atoms with Crippen molar-refractivity contribution in [2.75, 3.05) is 0 Å². The summed E-state index contributed by atoms with van der Waals surface area (Å²) in [5, 5.41) is 12.8. The van der Waals surface area contributed by atoms with Gasteiger partial charge in [0.25, 0.3) is 0 Å². The molecule has 2 heteroatoms. The molecular weight excluding hydrogens is 677 g/mol. The van der Waals surface area contributed by atoms with Crippen molar-refractivity contribution < 1.29 is 0 Å². The summed E-state index contributed by atoms with van der Waals surface area (Å²) in [4.78, 5) is 0. The maximum atomic E-state index is 2.54. The number of benzene rings is 10. The molecule has 56 heavy (non-hydrogen) atoms. The first kappa shape index (κ1) is 31.0. The van der Waals surface area contributed by atoms with Crippen LogP contribution in [0.3, 0.4) is 0 Å². The van der Waals surface area contributed by atoms with Gasteiger partial charge in [0.05, 0.1) is 22.1 Å². The molecule has 0 N–H and O–H groups in total. The van der Waals surface area contributed by atoms with E-state index in [1.165, 1.54) is 98.2 Å². The van der Waals surface area contributed by atoms with Crippen molar-refractivity contribution in [3.63, 3.8) is 0 Å². The molecule has 10 aromatic carbocycles. The van der Waals surface area contributed by atoms with Crippen LogP contribution < -0.4 is 0 Å². The van der Waals surface area contributed by atoms with E-state index < -0.39 is 0 Å². The zero-order valence-electron chi connectivity index (χ0n) is 30.5. The maximum absolute atomic E-state index is 2.54. The van der Waals surface area contributed by atoms with Crippen molar-refractivity contribution >= 4 is 75.9 Å². The largest absolute Gasteiger partial charge is 0.307 e. The lowest BCUT2D eigenvalue weighted by Gasteiger charge is -2.17. The number of hydrogen-bond acceptors (Lipinski definition) is 0. The van der Waals surface area contributed by atoms with Crippen molar-refractivity contribution in [3.8, 4) is 33.6 Å². The highest BCUT2D eigenvalue weighted by molar-refractivity contribution is 6.45. The third-order valence-electron chi connectivity index (χ3n) is 11.9. The molecule has 0 aliphatic carbocycles. The zero-order valence-corrected chi connectivity index (χ0v) is 30.5. The van der Waals surface area contributed by atoms with E-state index in [0.717, 1.165) is 11.4 Å². The van der Waals surface area contributed by atoms with E-state index in [0.29, 0.717) is 0 Å². The van der Waals surface area contributed by atoms with E-state index in [9.17, 15) is 0 Å². The summed E-state index contributed by atoms with van der Waals surface area (Å²) >= 11 is 0. The molecule has 0 spiro atoms. The minimum Gasteiger partial charge on any atom is -0.307 e. The van der Waals surface area contributed by atoms with Gasteiger partial charge >= 0.3 is 0 Å². The molecule has 12 aromatic rings. The molecule has 0 unspecified atom stereocenters. The number of fused-ring (bicyclic) bond motifs is 15. The Morgan fingerprint density at radius 1 is 0.232 bits per heavy atom. The van der Waals surface area contributed by atoms with E-state index in [-0.39, 0.29) is 0 Å². The van der Waals surface area contributed by atoms with Gasteiger partial charge in [0.2, 0.25) is 0 Å². The summed E-state index contributed by atoms with van der Waals surface area (Å²) in [7, 11) is 0. The summed E-state index contributed by atoms with van der Waals surface area (Å²) in [6, 6.07) is 75.6. The average molecular weight is 711 g/mol. The Bertz CT molecular complexity index is 3500. The van der Waals surface area contributed by atoms with Crippen LogP contribution >= 0.6 is 0 Å². The number of nitrogens with zero attached hydrogens (tertiary/aromatic N) is 2. The first-order valence-corrected chi connectivity index (χ1v) is 19.4. The highest BCUT2D eigenvalue weighted by Gasteiger charge is 2.27. The molecule has 2 heterocycles. The van der Waals surface area contributed by atoms with Gasteiger partial charge in [-0.05, 0) is 80.2 Å². The SMILES string of the molecule is c1ccc(-c2ccc(-c3cccc(-n4c5ccccc5c5c6c7ccccc7c7ccccc7c6c6c7ccccc7n(-c7ccccc7)c6c54)c3)cc2)cc1. The Morgan fingerprint density at radius 3 is 1.16 bits per heavy atom. The Hall–Kier alpha value is -7.42. The number of para-hydroxylation sites is 3. The molecule has 0 atom stereocenters. The normalized spacial score (nSPS) is 11.9. The first-order chi connectivity index (χ1) is 27.8. The second kappa shape index (κ2) is 12.0. The first-order valence-electron chi connectivity index (χ1n) is 19.4.